The zero-order chi connectivity index (χ0) is 14.8. The first-order valence-corrected chi connectivity index (χ1v) is 6.49. The number of morpholine rings is 1. The molecule has 0 atom stereocenters. The SMILES string of the molecule is CC1(C)CN(C(=O)C(=O)NCC(N)=S)CC(C)(C)O1. The van der Waals surface area contributed by atoms with E-state index in [-0.39, 0.29) is 11.5 Å². The molecular weight excluding hydrogens is 266 g/mol. The molecule has 0 radical (unpaired) electrons. The molecular formula is C12H21N3O3S. The second-order valence-corrected chi connectivity index (χ2v) is 6.46. The lowest BCUT2D eigenvalue weighted by Gasteiger charge is -2.46. The molecule has 1 heterocycles. The van der Waals surface area contributed by atoms with Crippen LogP contribution in [0.4, 0.5) is 0 Å². The summed E-state index contributed by atoms with van der Waals surface area (Å²) in [5.74, 6) is -1.28. The molecule has 0 spiro atoms. The van der Waals surface area contributed by atoms with Crippen LogP contribution in [0.25, 0.3) is 0 Å². The van der Waals surface area contributed by atoms with Crippen LogP contribution in [0.2, 0.25) is 0 Å². The average molecular weight is 287 g/mol. The van der Waals surface area contributed by atoms with Crippen LogP contribution in [-0.4, -0.2) is 52.5 Å². The molecule has 19 heavy (non-hydrogen) atoms. The summed E-state index contributed by atoms with van der Waals surface area (Å²) in [6, 6.07) is 0. The van der Waals surface area contributed by atoms with Crippen molar-refractivity contribution in [1.82, 2.24) is 10.2 Å². The second-order valence-electron chi connectivity index (χ2n) is 5.93. The Bertz CT molecular complexity index is 391. The Morgan fingerprint density at radius 3 is 2.16 bits per heavy atom. The molecule has 7 heteroatoms. The molecule has 1 fully saturated rings. The summed E-state index contributed by atoms with van der Waals surface area (Å²) in [6.45, 7) is 8.33. The number of nitrogens with two attached hydrogens (primary N) is 1. The Labute approximate surface area is 118 Å². The minimum Gasteiger partial charge on any atom is -0.392 e. The van der Waals surface area contributed by atoms with E-state index in [9.17, 15) is 9.59 Å². The molecule has 0 aromatic carbocycles. The van der Waals surface area contributed by atoms with Gasteiger partial charge >= 0.3 is 11.8 Å². The minimum absolute atomic E-state index is 0.0248. The van der Waals surface area contributed by atoms with Gasteiger partial charge in [0.1, 0.15) is 0 Å². The zero-order valence-corrected chi connectivity index (χ0v) is 12.6. The molecule has 2 amide bonds. The summed E-state index contributed by atoms with van der Waals surface area (Å²) in [5, 5.41) is 2.40. The lowest BCUT2D eigenvalue weighted by molar-refractivity contribution is -0.188. The maximum Gasteiger partial charge on any atom is 0.312 e. The van der Waals surface area contributed by atoms with Crippen LogP contribution in [0, 0.1) is 0 Å². The van der Waals surface area contributed by atoms with Gasteiger partial charge in [-0.3, -0.25) is 9.59 Å². The van der Waals surface area contributed by atoms with Crippen molar-refractivity contribution in [2.24, 2.45) is 5.73 Å². The van der Waals surface area contributed by atoms with Gasteiger partial charge in [-0.15, -0.1) is 0 Å². The van der Waals surface area contributed by atoms with Crippen molar-refractivity contribution in [3.8, 4) is 0 Å². The highest BCUT2D eigenvalue weighted by Gasteiger charge is 2.41. The maximum absolute atomic E-state index is 12.1. The van der Waals surface area contributed by atoms with Crippen molar-refractivity contribution in [2.45, 2.75) is 38.9 Å². The molecule has 0 saturated carbocycles. The second kappa shape index (κ2) is 5.42. The number of amides is 2. The van der Waals surface area contributed by atoms with Crippen molar-refractivity contribution in [3.05, 3.63) is 0 Å². The summed E-state index contributed by atoms with van der Waals surface area (Å²) < 4.78 is 5.85. The van der Waals surface area contributed by atoms with Crippen molar-refractivity contribution in [3.63, 3.8) is 0 Å². The first-order valence-electron chi connectivity index (χ1n) is 6.08. The molecule has 0 aromatic rings. The highest BCUT2D eigenvalue weighted by Crippen LogP contribution is 2.27. The average Bonchev–Trinajstić information content (AvgIpc) is 2.20. The fourth-order valence-electron chi connectivity index (χ4n) is 2.32. The minimum atomic E-state index is -0.693. The maximum atomic E-state index is 12.1. The van der Waals surface area contributed by atoms with Gasteiger partial charge in [-0.25, -0.2) is 0 Å². The zero-order valence-electron chi connectivity index (χ0n) is 11.8. The van der Waals surface area contributed by atoms with Crippen LogP contribution in [0.3, 0.4) is 0 Å². The number of hydrogen-bond donors (Lipinski definition) is 2. The molecule has 108 valence electrons. The van der Waals surface area contributed by atoms with Gasteiger partial charge < -0.3 is 20.7 Å². The van der Waals surface area contributed by atoms with Gasteiger partial charge in [-0.05, 0) is 27.7 Å². The van der Waals surface area contributed by atoms with Crippen LogP contribution in [0.15, 0.2) is 0 Å². The number of carbonyl (C=O) groups is 2. The number of nitrogens with one attached hydrogen (secondary N) is 1. The molecule has 1 aliphatic rings. The van der Waals surface area contributed by atoms with Gasteiger partial charge in [0.15, 0.2) is 0 Å². The smallest absolute Gasteiger partial charge is 0.312 e. The topological polar surface area (TPSA) is 84.7 Å². The Balaban J connectivity index is 2.70. The third kappa shape index (κ3) is 4.76. The summed E-state index contributed by atoms with van der Waals surface area (Å²) in [4.78, 5) is 25.4. The Morgan fingerprint density at radius 1 is 1.26 bits per heavy atom. The third-order valence-electron chi connectivity index (χ3n) is 2.60. The Hall–Kier alpha value is -1.21. The number of hydrogen-bond acceptors (Lipinski definition) is 4. The van der Waals surface area contributed by atoms with Crippen molar-refractivity contribution in [1.29, 1.82) is 0 Å². The molecule has 1 rings (SSSR count). The molecule has 1 aliphatic heterocycles. The van der Waals surface area contributed by atoms with E-state index >= 15 is 0 Å². The van der Waals surface area contributed by atoms with E-state index in [0.29, 0.717) is 13.1 Å². The van der Waals surface area contributed by atoms with E-state index in [1.165, 1.54) is 4.90 Å². The van der Waals surface area contributed by atoms with Crippen LogP contribution >= 0.6 is 12.2 Å². The monoisotopic (exact) mass is 287 g/mol. The molecule has 6 nitrogen and oxygen atoms in total. The Morgan fingerprint density at radius 2 is 1.74 bits per heavy atom. The summed E-state index contributed by atoms with van der Waals surface area (Å²) in [6.07, 6.45) is 0. The fraction of sp³-hybridized carbons (Fsp3) is 0.750. The standard InChI is InChI=1S/C12H21N3O3S/c1-11(2)6-15(7-12(3,4)18-11)10(17)9(16)14-5-8(13)19/h5-7H2,1-4H3,(H2,13,19)(H,14,16). The van der Waals surface area contributed by atoms with Gasteiger partial charge in [0, 0.05) is 13.1 Å². The van der Waals surface area contributed by atoms with Crippen molar-refractivity contribution in [2.75, 3.05) is 19.6 Å². The first-order chi connectivity index (χ1) is 8.52. The lowest BCUT2D eigenvalue weighted by atomic mass is 9.99. The number of nitrogens with zero attached hydrogens (tertiary/aromatic N) is 1. The van der Waals surface area contributed by atoms with E-state index in [2.05, 4.69) is 17.5 Å². The predicted octanol–water partition coefficient (Wildman–Crippen LogP) is -0.195. The molecule has 0 unspecified atom stereocenters. The van der Waals surface area contributed by atoms with E-state index in [1.54, 1.807) is 0 Å². The normalized spacial score (nSPS) is 20.7. The van der Waals surface area contributed by atoms with Crippen LogP contribution < -0.4 is 11.1 Å². The van der Waals surface area contributed by atoms with E-state index < -0.39 is 23.0 Å². The molecule has 3 N–H and O–H groups in total. The molecule has 0 aliphatic carbocycles. The lowest BCUT2D eigenvalue weighted by Crippen LogP contribution is -2.60. The first kappa shape index (κ1) is 15.8. The van der Waals surface area contributed by atoms with Crippen molar-refractivity contribution >= 4 is 29.0 Å². The third-order valence-corrected chi connectivity index (χ3v) is 2.74. The molecule has 1 saturated heterocycles. The van der Waals surface area contributed by atoms with Crippen LogP contribution in [0.1, 0.15) is 27.7 Å². The predicted molar refractivity (Wildman–Crippen MR) is 75.6 cm³/mol. The van der Waals surface area contributed by atoms with E-state index in [1.807, 2.05) is 27.7 Å². The highest BCUT2D eigenvalue weighted by atomic mass is 32.1. The van der Waals surface area contributed by atoms with E-state index in [4.69, 9.17) is 10.5 Å². The number of rotatable bonds is 2. The summed E-state index contributed by atoms with van der Waals surface area (Å²) in [7, 11) is 0. The van der Waals surface area contributed by atoms with Gasteiger partial charge in [0.2, 0.25) is 0 Å². The Kier molecular flexibility index (Phi) is 4.52. The highest BCUT2D eigenvalue weighted by molar-refractivity contribution is 7.80. The number of carbonyl (C=O) groups excluding carboxylic acids is 2. The van der Waals surface area contributed by atoms with Crippen LogP contribution in [0.5, 0.6) is 0 Å². The van der Waals surface area contributed by atoms with Crippen LogP contribution in [-0.2, 0) is 14.3 Å². The quantitative estimate of drug-likeness (QED) is 0.543. The summed E-state index contributed by atoms with van der Waals surface area (Å²) >= 11 is 4.65. The summed E-state index contributed by atoms with van der Waals surface area (Å²) in [5.41, 5.74) is 4.31. The largest absolute Gasteiger partial charge is 0.392 e. The number of thiocarbonyl (C=S) groups is 1. The van der Waals surface area contributed by atoms with Gasteiger partial charge in [-0.2, -0.15) is 0 Å². The fourth-order valence-corrected chi connectivity index (χ4v) is 2.39. The van der Waals surface area contributed by atoms with Gasteiger partial charge in [0.25, 0.3) is 0 Å². The molecule has 0 aromatic heterocycles. The number of ether oxygens (including phenoxy) is 1. The van der Waals surface area contributed by atoms with Gasteiger partial charge in [0.05, 0.1) is 22.7 Å². The van der Waals surface area contributed by atoms with Crippen molar-refractivity contribution < 1.29 is 14.3 Å². The molecule has 0 bridgehead atoms. The van der Waals surface area contributed by atoms with E-state index in [0.717, 1.165) is 0 Å². The van der Waals surface area contributed by atoms with Gasteiger partial charge in [-0.1, -0.05) is 12.2 Å².